The fraction of sp³-hybridized carbons (Fsp3) is 0.318. The van der Waals surface area contributed by atoms with Crippen LogP contribution in [-0.2, 0) is 11.3 Å². The number of aromatic nitrogens is 2. The molecule has 0 aliphatic carbocycles. The lowest BCUT2D eigenvalue weighted by molar-refractivity contribution is -0.130. The third-order valence-electron chi connectivity index (χ3n) is 5.18. The van der Waals surface area contributed by atoms with E-state index in [1.165, 1.54) is 28.1 Å². The Morgan fingerprint density at radius 1 is 1.07 bits per heavy atom. The van der Waals surface area contributed by atoms with Gasteiger partial charge in [-0.3, -0.25) is 9.69 Å². The van der Waals surface area contributed by atoms with Crippen LogP contribution in [-0.4, -0.2) is 57.6 Å². The number of nitrogens with two attached hydrogens (primary N) is 1. The predicted molar refractivity (Wildman–Crippen MR) is 118 cm³/mol. The smallest absolute Gasteiger partial charge is 0.233 e. The summed E-state index contributed by atoms with van der Waals surface area (Å²) >= 11 is 1.35. The number of rotatable bonds is 5. The van der Waals surface area contributed by atoms with Crippen molar-refractivity contribution in [3.8, 4) is 0 Å². The molecule has 0 atom stereocenters. The lowest BCUT2D eigenvalue weighted by Gasteiger charge is -2.35. The SMILES string of the molecule is Cc1cc(N)nc(SCC(=O)N2CCN(Cc3cccc4ccccc34)CC2)n1. The summed E-state index contributed by atoms with van der Waals surface area (Å²) in [7, 11) is 0. The molecule has 1 amide bonds. The van der Waals surface area contributed by atoms with E-state index in [-0.39, 0.29) is 5.91 Å². The van der Waals surface area contributed by atoms with Gasteiger partial charge in [0, 0.05) is 44.5 Å². The number of hydrogen-bond donors (Lipinski definition) is 1. The molecule has 0 bridgehead atoms. The number of fused-ring (bicyclic) bond motifs is 1. The van der Waals surface area contributed by atoms with Crippen molar-refractivity contribution in [3.63, 3.8) is 0 Å². The topological polar surface area (TPSA) is 75.3 Å². The first-order valence-electron chi connectivity index (χ1n) is 9.79. The molecule has 4 rings (SSSR count). The molecule has 150 valence electrons. The van der Waals surface area contributed by atoms with Crippen molar-refractivity contribution >= 4 is 34.3 Å². The van der Waals surface area contributed by atoms with E-state index >= 15 is 0 Å². The minimum absolute atomic E-state index is 0.128. The van der Waals surface area contributed by atoms with Gasteiger partial charge in [-0.1, -0.05) is 54.2 Å². The van der Waals surface area contributed by atoms with Gasteiger partial charge in [0.2, 0.25) is 5.91 Å². The Morgan fingerprint density at radius 2 is 1.83 bits per heavy atom. The van der Waals surface area contributed by atoms with Gasteiger partial charge in [0.05, 0.1) is 5.75 Å². The molecule has 3 aromatic rings. The minimum atomic E-state index is 0.128. The van der Waals surface area contributed by atoms with Crippen LogP contribution in [0.2, 0.25) is 0 Å². The van der Waals surface area contributed by atoms with Crippen LogP contribution in [0.25, 0.3) is 10.8 Å². The maximum absolute atomic E-state index is 12.6. The molecular formula is C22H25N5OS. The third kappa shape index (κ3) is 4.86. The molecular weight excluding hydrogens is 382 g/mol. The van der Waals surface area contributed by atoms with Crippen LogP contribution in [0, 0.1) is 6.92 Å². The molecule has 0 radical (unpaired) electrons. The van der Waals surface area contributed by atoms with Crippen molar-refractivity contribution in [1.29, 1.82) is 0 Å². The number of thioether (sulfide) groups is 1. The first-order valence-corrected chi connectivity index (χ1v) is 10.8. The fourth-order valence-corrected chi connectivity index (χ4v) is 4.49. The van der Waals surface area contributed by atoms with E-state index < -0.39 is 0 Å². The minimum Gasteiger partial charge on any atom is -0.384 e. The van der Waals surface area contributed by atoms with E-state index in [4.69, 9.17) is 5.73 Å². The van der Waals surface area contributed by atoms with E-state index in [2.05, 4.69) is 57.3 Å². The normalized spacial score (nSPS) is 15.0. The summed E-state index contributed by atoms with van der Waals surface area (Å²) in [4.78, 5) is 25.5. The Bertz CT molecular complexity index is 992. The van der Waals surface area contributed by atoms with Crippen LogP contribution in [0.15, 0.2) is 53.7 Å². The molecule has 0 saturated carbocycles. The number of hydrogen-bond acceptors (Lipinski definition) is 6. The summed E-state index contributed by atoms with van der Waals surface area (Å²) < 4.78 is 0. The van der Waals surface area contributed by atoms with E-state index in [0.717, 1.165) is 38.4 Å². The zero-order chi connectivity index (χ0) is 20.2. The lowest BCUT2D eigenvalue weighted by Crippen LogP contribution is -2.48. The van der Waals surface area contributed by atoms with Gasteiger partial charge in [-0.25, -0.2) is 9.97 Å². The van der Waals surface area contributed by atoms with E-state index in [1.807, 2.05) is 11.8 Å². The number of nitrogen functional groups attached to an aromatic ring is 1. The number of carbonyl (C=O) groups is 1. The van der Waals surface area contributed by atoms with E-state index in [9.17, 15) is 4.79 Å². The standard InChI is InChI=1S/C22H25N5OS/c1-16-13-20(23)25-22(24-16)29-15-21(28)27-11-9-26(10-12-27)14-18-7-4-6-17-5-2-3-8-19(17)18/h2-8,13H,9-12,14-15H2,1H3,(H2,23,24,25). The van der Waals surface area contributed by atoms with Gasteiger partial charge in [-0.2, -0.15) is 0 Å². The van der Waals surface area contributed by atoms with Crippen molar-refractivity contribution in [1.82, 2.24) is 19.8 Å². The first kappa shape index (κ1) is 19.7. The Hall–Kier alpha value is -2.64. The molecule has 1 saturated heterocycles. The second-order valence-corrected chi connectivity index (χ2v) is 8.24. The van der Waals surface area contributed by atoms with Gasteiger partial charge >= 0.3 is 0 Å². The van der Waals surface area contributed by atoms with Crippen molar-refractivity contribution in [2.45, 2.75) is 18.6 Å². The second kappa shape index (κ2) is 8.80. The second-order valence-electron chi connectivity index (χ2n) is 7.30. The Labute approximate surface area is 175 Å². The van der Waals surface area contributed by atoms with Crippen LogP contribution in [0.4, 0.5) is 5.82 Å². The molecule has 2 N–H and O–H groups in total. The van der Waals surface area contributed by atoms with Crippen molar-refractivity contribution < 1.29 is 4.79 Å². The van der Waals surface area contributed by atoms with Crippen LogP contribution < -0.4 is 5.73 Å². The summed E-state index contributed by atoms with van der Waals surface area (Å²) in [5.74, 6) is 0.907. The molecule has 2 heterocycles. The highest BCUT2D eigenvalue weighted by Gasteiger charge is 2.22. The monoisotopic (exact) mass is 407 g/mol. The van der Waals surface area contributed by atoms with Gasteiger partial charge in [-0.05, 0) is 23.3 Å². The molecule has 6 nitrogen and oxygen atoms in total. The van der Waals surface area contributed by atoms with Gasteiger partial charge in [-0.15, -0.1) is 0 Å². The molecule has 1 aromatic heterocycles. The molecule has 7 heteroatoms. The number of amides is 1. The molecule has 1 aliphatic heterocycles. The summed E-state index contributed by atoms with van der Waals surface area (Å²) in [6.07, 6.45) is 0. The highest BCUT2D eigenvalue weighted by atomic mass is 32.2. The van der Waals surface area contributed by atoms with Crippen molar-refractivity contribution in [2.24, 2.45) is 0 Å². The van der Waals surface area contributed by atoms with Gasteiger partial charge in [0.1, 0.15) is 5.82 Å². The Kier molecular flexibility index (Phi) is 5.97. The number of aryl methyl sites for hydroxylation is 1. The van der Waals surface area contributed by atoms with Gasteiger partial charge < -0.3 is 10.6 Å². The number of anilines is 1. The van der Waals surface area contributed by atoms with Gasteiger partial charge in [0.15, 0.2) is 5.16 Å². The summed E-state index contributed by atoms with van der Waals surface area (Å²) in [6.45, 7) is 6.05. The number of benzene rings is 2. The largest absolute Gasteiger partial charge is 0.384 e. The molecule has 1 aliphatic rings. The van der Waals surface area contributed by atoms with Crippen LogP contribution in [0.3, 0.4) is 0 Å². The average molecular weight is 408 g/mol. The maximum atomic E-state index is 12.6. The molecule has 2 aromatic carbocycles. The zero-order valence-electron chi connectivity index (χ0n) is 16.5. The number of carbonyl (C=O) groups excluding carboxylic acids is 1. The highest BCUT2D eigenvalue weighted by Crippen LogP contribution is 2.21. The fourth-order valence-electron chi connectivity index (χ4n) is 3.67. The van der Waals surface area contributed by atoms with Crippen molar-refractivity contribution in [3.05, 3.63) is 59.8 Å². The quantitative estimate of drug-likeness (QED) is 0.518. The van der Waals surface area contributed by atoms with E-state index in [1.54, 1.807) is 6.07 Å². The first-order chi connectivity index (χ1) is 14.1. The highest BCUT2D eigenvalue weighted by molar-refractivity contribution is 7.99. The predicted octanol–water partition coefficient (Wildman–Crippen LogP) is 2.96. The van der Waals surface area contributed by atoms with E-state index in [0.29, 0.717) is 16.7 Å². The molecule has 1 fully saturated rings. The summed E-state index contributed by atoms with van der Waals surface area (Å²) in [6, 6.07) is 16.7. The number of nitrogens with zero attached hydrogens (tertiary/aromatic N) is 4. The third-order valence-corrected chi connectivity index (χ3v) is 6.01. The summed E-state index contributed by atoms with van der Waals surface area (Å²) in [5, 5.41) is 3.14. The zero-order valence-corrected chi connectivity index (χ0v) is 17.4. The maximum Gasteiger partial charge on any atom is 0.233 e. The Morgan fingerprint density at radius 3 is 2.62 bits per heavy atom. The van der Waals surface area contributed by atoms with Crippen LogP contribution in [0.1, 0.15) is 11.3 Å². The van der Waals surface area contributed by atoms with Crippen LogP contribution in [0.5, 0.6) is 0 Å². The lowest BCUT2D eigenvalue weighted by atomic mass is 10.0. The average Bonchev–Trinajstić information content (AvgIpc) is 2.72. The summed E-state index contributed by atoms with van der Waals surface area (Å²) in [5.41, 5.74) is 7.91. The van der Waals surface area contributed by atoms with Gasteiger partial charge in [0.25, 0.3) is 0 Å². The molecule has 0 unspecified atom stereocenters. The van der Waals surface area contributed by atoms with Crippen LogP contribution >= 0.6 is 11.8 Å². The Balaban J connectivity index is 1.30. The molecule has 29 heavy (non-hydrogen) atoms. The number of piperazine rings is 1. The molecule has 0 spiro atoms. The van der Waals surface area contributed by atoms with Crippen molar-refractivity contribution in [2.75, 3.05) is 37.7 Å².